The van der Waals surface area contributed by atoms with Crippen LogP contribution in [-0.2, 0) is 11.3 Å². The summed E-state index contributed by atoms with van der Waals surface area (Å²) in [4.78, 5) is 25.7. The van der Waals surface area contributed by atoms with Crippen molar-refractivity contribution in [2.45, 2.75) is 32.9 Å². The average Bonchev–Trinajstić information content (AvgIpc) is 3.01. The van der Waals surface area contributed by atoms with Crippen molar-refractivity contribution in [3.8, 4) is 5.75 Å². The third-order valence-electron chi connectivity index (χ3n) is 3.94. The highest BCUT2D eigenvalue weighted by atomic mass is 16.6. The number of hydrogen-bond donors (Lipinski definition) is 1. The van der Waals surface area contributed by atoms with Crippen LogP contribution in [0.25, 0.3) is 0 Å². The third kappa shape index (κ3) is 5.16. The number of nitrogens with one attached hydrogen (secondary N) is 1. The van der Waals surface area contributed by atoms with Crippen molar-refractivity contribution >= 4 is 23.5 Å². The van der Waals surface area contributed by atoms with Crippen LogP contribution in [0, 0.1) is 0 Å². The summed E-state index contributed by atoms with van der Waals surface area (Å²) in [7, 11) is 0. The summed E-state index contributed by atoms with van der Waals surface area (Å²) >= 11 is 0. The van der Waals surface area contributed by atoms with Gasteiger partial charge in [0.1, 0.15) is 23.6 Å². The first-order valence-corrected chi connectivity index (χ1v) is 9.12. The van der Waals surface area contributed by atoms with Gasteiger partial charge in [-0.25, -0.2) is 9.59 Å². The number of hydrogen-bond acceptors (Lipinski definition) is 4. The van der Waals surface area contributed by atoms with Crippen LogP contribution >= 0.6 is 0 Å². The number of rotatable bonds is 6. The first kappa shape index (κ1) is 19.5. The van der Waals surface area contributed by atoms with Gasteiger partial charge in [-0.1, -0.05) is 36.4 Å². The van der Waals surface area contributed by atoms with E-state index in [1.807, 2.05) is 51.1 Å². The molecule has 1 aliphatic rings. The van der Waals surface area contributed by atoms with E-state index >= 15 is 0 Å². The fraction of sp³-hybridized carbons (Fsp3) is 0.333. The summed E-state index contributed by atoms with van der Waals surface area (Å²) in [5, 5.41) is 6.56. The molecule has 0 saturated carbocycles. The van der Waals surface area contributed by atoms with Crippen molar-refractivity contribution in [2.75, 3.05) is 18.5 Å². The molecule has 2 aromatic rings. The SMILES string of the molecule is CC(C)(C)OC(=O)N(CCOc1cccc2c1[N]C(=O)N2)Cc1ccccc1. The molecule has 0 bridgehead atoms. The zero-order chi connectivity index (χ0) is 20.1. The van der Waals surface area contributed by atoms with E-state index < -0.39 is 17.7 Å². The molecule has 147 valence electrons. The Morgan fingerprint density at radius 3 is 2.57 bits per heavy atom. The third-order valence-corrected chi connectivity index (χ3v) is 3.94. The second-order valence-electron chi connectivity index (χ2n) is 7.43. The number of fused-ring (bicyclic) bond motifs is 1. The van der Waals surface area contributed by atoms with E-state index in [-0.39, 0.29) is 6.61 Å². The highest BCUT2D eigenvalue weighted by Gasteiger charge is 2.24. The molecular weight excluding hydrogens is 358 g/mol. The lowest BCUT2D eigenvalue weighted by Gasteiger charge is -2.27. The molecule has 0 unspecified atom stereocenters. The fourth-order valence-electron chi connectivity index (χ4n) is 2.73. The lowest BCUT2D eigenvalue weighted by Crippen LogP contribution is -2.38. The summed E-state index contributed by atoms with van der Waals surface area (Å²) in [5.41, 5.74) is 1.52. The second-order valence-corrected chi connectivity index (χ2v) is 7.43. The lowest BCUT2D eigenvalue weighted by molar-refractivity contribution is 0.0209. The van der Waals surface area contributed by atoms with Crippen molar-refractivity contribution in [3.63, 3.8) is 0 Å². The Kier molecular flexibility index (Phi) is 5.73. The average molecular weight is 382 g/mol. The smallest absolute Gasteiger partial charge is 0.410 e. The van der Waals surface area contributed by atoms with Gasteiger partial charge in [0.05, 0.1) is 12.2 Å². The van der Waals surface area contributed by atoms with Crippen LogP contribution in [0.2, 0.25) is 0 Å². The fourth-order valence-corrected chi connectivity index (χ4v) is 2.73. The van der Waals surface area contributed by atoms with Crippen molar-refractivity contribution < 1.29 is 19.1 Å². The van der Waals surface area contributed by atoms with E-state index in [1.165, 1.54) is 0 Å². The number of para-hydroxylation sites is 1. The largest absolute Gasteiger partial charge is 0.489 e. The molecule has 3 rings (SSSR count). The van der Waals surface area contributed by atoms with E-state index in [4.69, 9.17) is 9.47 Å². The summed E-state index contributed by atoms with van der Waals surface area (Å²) in [5.74, 6) is 0.500. The van der Waals surface area contributed by atoms with Gasteiger partial charge in [-0.3, -0.25) is 0 Å². The minimum absolute atomic E-state index is 0.242. The molecule has 0 aromatic heterocycles. The van der Waals surface area contributed by atoms with E-state index in [2.05, 4.69) is 10.6 Å². The maximum Gasteiger partial charge on any atom is 0.410 e. The second kappa shape index (κ2) is 8.21. The molecule has 7 nitrogen and oxygen atoms in total. The Morgan fingerprint density at radius 1 is 1.11 bits per heavy atom. The monoisotopic (exact) mass is 382 g/mol. The van der Waals surface area contributed by atoms with Gasteiger partial charge in [0.15, 0.2) is 0 Å². The number of ether oxygens (including phenoxy) is 2. The van der Waals surface area contributed by atoms with Crippen LogP contribution < -0.4 is 15.4 Å². The van der Waals surface area contributed by atoms with Gasteiger partial charge in [0, 0.05) is 6.54 Å². The summed E-state index contributed by atoms with van der Waals surface area (Å²) in [6, 6.07) is 14.6. The minimum Gasteiger partial charge on any atom is -0.489 e. The highest BCUT2D eigenvalue weighted by Crippen LogP contribution is 2.36. The zero-order valence-electron chi connectivity index (χ0n) is 16.3. The van der Waals surface area contributed by atoms with E-state index in [1.54, 1.807) is 23.1 Å². The van der Waals surface area contributed by atoms with Gasteiger partial charge >= 0.3 is 12.1 Å². The van der Waals surface area contributed by atoms with Gasteiger partial charge in [-0.05, 0) is 38.5 Å². The molecular formula is C21H24N3O4. The molecule has 0 spiro atoms. The van der Waals surface area contributed by atoms with E-state index in [0.717, 1.165) is 5.56 Å². The Morgan fingerprint density at radius 2 is 1.86 bits per heavy atom. The molecule has 28 heavy (non-hydrogen) atoms. The first-order chi connectivity index (χ1) is 13.3. The summed E-state index contributed by atoms with van der Waals surface area (Å²) < 4.78 is 11.3. The Balaban J connectivity index is 1.65. The molecule has 0 atom stereocenters. The molecule has 1 heterocycles. The number of carbonyl (C=O) groups is 2. The number of nitrogens with zero attached hydrogens (tertiary/aromatic N) is 2. The molecule has 1 radical (unpaired) electrons. The first-order valence-electron chi connectivity index (χ1n) is 9.12. The number of carbonyl (C=O) groups excluding carboxylic acids is 2. The minimum atomic E-state index is -0.585. The number of anilines is 1. The molecule has 0 aliphatic carbocycles. The van der Waals surface area contributed by atoms with Crippen LogP contribution in [0.3, 0.4) is 0 Å². The zero-order valence-corrected chi connectivity index (χ0v) is 16.3. The number of urea groups is 1. The van der Waals surface area contributed by atoms with Crippen LogP contribution in [0.1, 0.15) is 26.3 Å². The van der Waals surface area contributed by atoms with Crippen molar-refractivity contribution in [3.05, 3.63) is 54.1 Å². The normalized spacial score (nSPS) is 12.6. The molecule has 3 amide bonds. The van der Waals surface area contributed by atoms with Crippen LogP contribution in [-0.4, -0.2) is 35.8 Å². The molecule has 7 heteroatoms. The topological polar surface area (TPSA) is 82.0 Å². The summed E-state index contributed by atoms with van der Waals surface area (Å²) in [6.45, 7) is 6.49. The van der Waals surface area contributed by atoms with Crippen LogP contribution in [0.4, 0.5) is 21.0 Å². The van der Waals surface area contributed by atoms with Gasteiger partial charge < -0.3 is 19.7 Å². The van der Waals surface area contributed by atoms with Gasteiger partial charge in [0.25, 0.3) is 0 Å². The number of amides is 3. The maximum atomic E-state index is 12.6. The highest BCUT2D eigenvalue weighted by molar-refractivity contribution is 6.03. The predicted octanol–water partition coefficient (Wildman–Crippen LogP) is 4.28. The van der Waals surface area contributed by atoms with Gasteiger partial charge in [-0.2, -0.15) is 5.32 Å². The quantitative estimate of drug-likeness (QED) is 0.808. The van der Waals surface area contributed by atoms with Gasteiger partial charge in [0.2, 0.25) is 0 Å². The maximum absolute atomic E-state index is 12.6. The number of benzene rings is 2. The van der Waals surface area contributed by atoms with E-state index in [0.29, 0.717) is 30.2 Å². The van der Waals surface area contributed by atoms with Crippen molar-refractivity contribution in [1.29, 1.82) is 0 Å². The molecule has 0 saturated heterocycles. The Bertz CT molecular complexity index is 846. The van der Waals surface area contributed by atoms with E-state index in [9.17, 15) is 9.59 Å². The molecule has 2 aromatic carbocycles. The summed E-state index contributed by atoms with van der Waals surface area (Å²) in [6.07, 6.45) is -0.403. The van der Waals surface area contributed by atoms with Crippen LogP contribution in [0.15, 0.2) is 48.5 Å². The van der Waals surface area contributed by atoms with Gasteiger partial charge in [-0.15, -0.1) is 0 Å². The predicted molar refractivity (Wildman–Crippen MR) is 106 cm³/mol. The standard InChI is InChI=1S/C21H24N3O4/c1-21(2,3)28-20(26)24(14-15-8-5-4-6-9-15)12-13-27-17-11-7-10-16-18(17)23-19(25)22-16/h4-11H,12-14H2,1-3H3,(H,22,25). The molecule has 1 N–H and O–H groups in total. The van der Waals surface area contributed by atoms with Crippen molar-refractivity contribution in [2.24, 2.45) is 0 Å². The Labute approximate surface area is 164 Å². The lowest BCUT2D eigenvalue weighted by atomic mass is 10.2. The van der Waals surface area contributed by atoms with Crippen molar-refractivity contribution in [1.82, 2.24) is 10.2 Å². The molecule has 0 fully saturated rings. The Hall–Kier alpha value is -3.22. The molecule has 1 aliphatic heterocycles. The van der Waals surface area contributed by atoms with Crippen LogP contribution in [0.5, 0.6) is 5.75 Å².